The van der Waals surface area contributed by atoms with Gasteiger partial charge in [-0.2, -0.15) is 0 Å². The third-order valence-corrected chi connectivity index (χ3v) is 3.91. The number of aromatic amines is 1. The Hall–Kier alpha value is -1.92. The van der Waals surface area contributed by atoms with E-state index in [4.69, 9.17) is 9.47 Å². The third-order valence-electron chi connectivity index (χ3n) is 3.91. The Morgan fingerprint density at radius 2 is 2.27 bits per heavy atom. The Morgan fingerprint density at radius 1 is 1.45 bits per heavy atom. The van der Waals surface area contributed by atoms with Gasteiger partial charge in [-0.1, -0.05) is 0 Å². The lowest BCUT2D eigenvalue weighted by molar-refractivity contribution is -0.145. The third kappa shape index (κ3) is 3.13. The molecule has 0 radical (unpaired) electrons. The number of benzene rings is 1. The maximum absolute atomic E-state index is 13.2. The van der Waals surface area contributed by atoms with Gasteiger partial charge in [0.15, 0.2) is 0 Å². The van der Waals surface area contributed by atoms with Gasteiger partial charge in [0, 0.05) is 38.7 Å². The summed E-state index contributed by atoms with van der Waals surface area (Å²) in [6.07, 6.45) is 2.20. The second-order valence-electron chi connectivity index (χ2n) is 5.46. The Bertz CT molecular complexity index is 670. The average molecular weight is 308 g/mol. The molecule has 1 aromatic heterocycles. The number of nitrogens with one attached hydrogen (secondary N) is 1. The summed E-state index contributed by atoms with van der Waals surface area (Å²) < 4.78 is 23.6. The number of likely N-dealkylation sites (tertiary alicyclic amines) is 1. The molecule has 5 nitrogen and oxygen atoms in total. The number of carbonyl (C=O) groups excluding carboxylic acids is 1. The van der Waals surface area contributed by atoms with E-state index in [0.717, 1.165) is 10.9 Å². The van der Waals surface area contributed by atoms with Crippen LogP contribution in [0.1, 0.15) is 6.99 Å². The smallest absolute Gasteiger partial charge is 0.227 e. The first-order valence-electron chi connectivity index (χ1n) is 7.31. The Morgan fingerprint density at radius 3 is 3.05 bits per heavy atom. The van der Waals surface area contributed by atoms with Crippen molar-refractivity contribution in [3.63, 3.8) is 0 Å². The highest BCUT2D eigenvalue weighted by molar-refractivity contribution is 5.89. The molecular weight excluding hydrogens is 287 g/mol. The van der Waals surface area contributed by atoms with Crippen LogP contribution in [-0.2, 0) is 20.7 Å². The summed E-state index contributed by atoms with van der Waals surface area (Å²) in [5.41, 5.74) is 1.61. The predicted molar refractivity (Wildman–Crippen MR) is 82.3 cm³/mol. The van der Waals surface area contributed by atoms with Crippen molar-refractivity contribution in [2.24, 2.45) is 0 Å². The monoisotopic (exact) mass is 308 g/mol. The van der Waals surface area contributed by atoms with Crippen molar-refractivity contribution < 1.29 is 20.1 Å². The lowest BCUT2D eigenvalue weighted by Gasteiger charge is -2.39. The topological polar surface area (TPSA) is 54.6 Å². The van der Waals surface area contributed by atoms with Gasteiger partial charge >= 0.3 is 0 Å². The summed E-state index contributed by atoms with van der Waals surface area (Å²) in [4.78, 5) is 17.0. The Labute approximate surface area is 129 Å². The van der Waals surface area contributed by atoms with Gasteiger partial charge in [0.1, 0.15) is 5.82 Å². The number of nitrogens with zero attached hydrogens (tertiary/aromatic N) is 1. The van der Waals surface area contributed by atoms with Crippen molar-refractivity contribution in [3.8, 4) is 0 Å². The number of methoxy groups -OCH3 is 1. The molecule has 1 amide bonds. The van der Waals surface area contributed by atoms with Crippen LogP contribution in [0.4, 0.5) is 4.39 Å². The molecule has 0 atom stereocenters. The van der Waals surface area contributed by atoms with E-state index in [9.17, 15) is 9.18 Å². The van der Waals surface area contributed by atoms with Gasteiger partial charge < -0.3 is 19.4 Å². The molecule has 1 fully saturated rings. The number of rotatable bonds is 6. The van der Waals surface area contributed by atoms with Crippen LogP contribution >= 0.6 is 0 Å². The number of halogens is 1. The first kappa shape index (κ1) is 15.0. The normalized spacial score (nSPS) is 15.3. The average Bonchev–Trinajstić information content (AvgIpc) is 2.83. The summed E-state index contributed by atoms with van der Waals surface area (Å²) >= 11 is 0. The first-order chi connectivity index (χ1) is 10.7. The van der Waals surface area contributed by atoms with E-state index in [1.54, 1.807) is 24.3 Å². The highest BCUT2D eigenvalue weighted by Crippen LogP contribution is 2.21. The number of hydrogen-bond donors (Lipinski definition) is 1. The maximum atomic E-state index is 13.2. The second-order valence-corrected chi connectivity index (χ2v) is 5.46. The molecule has 1 N–H and O–H groups in total. The Kier molecular flexibility index (Phi) is 4.40. The number of fused-ring (bicyclic) bond motifs is 1. The van der Waals surface area contributed by atoms with Gasteiger partial charge in [-0.05, 0) is 23.8 Å². The van der Waals surface area contributed by atoms with Crippen LogP contribution < -0.4 is 0 Å². The second kappa shape index (κ2) is 6.46. The summed E-state index contributed by atoms with van der Waals surface area (Å²) in [5.74, 6) is -0.220. The van der Waals surface area contributed by atoms with Crippen LogP contribution in [0.3, 0.4) is 0 Å². The molecule has 0 unspecified atom stereocenters. The highest BCUT2D eigenvalue weighted by atomic mass is 19.1. The molecule has 3 rings (SSSR count). The minimum absolute atomic E-state index is 0. The van der Waals surface area contributed by atoms with Crippen LogP contribution in [0.5, 0.6) is 0 Å². The molecule has 1 aliphatic rings. The zero-order valence-electron chi connectivity index (χ0n) is 12.5. The van der Waals surface area contributed by atoms with Gasteiger partial charge in [-0.25, -0.2) is 4.39 Å². The number of H-pyrrole nitrogens is 1. The van der Waals surface area contributed by atoms with Crippen molar-refractivity contribution in [1.29, 1.82) is 0 Å². The van der Waals surface area contributed by atoms with Gasteiger partial charge in [0.05, 0.1) is 25.7 Å². The van der Waals surface area contributed by atoms with Crippen LogP contribution in [0.25, 0.3) is 10.9 Å². The molecular formula is C16H21FN2O3. The van der Waals surface area contributed by atoms with E-state index < -0.39 is 0 Å². The number of ether oxygens (including phenoxy) is 2. The largest absolute Gasteiger partial charge is 0.382 e. The molecule has 6 heteroatoms. The van der Waals surface area contributed by atoms with Crippen molar-refractivity contribution >= 4 is 16.8 Å². The molecule has 0 bridgehead atoms. The van der Waals surface area contributed by atoms with Crippen LogP contribution in [0.2, 0.25) is 0 Å². The first-order valence-corrected chi connectivity index (χ1v) is 7.31. The lowest BCUT2D eigenvalue weighted by Crippen LogP contribution is -2.55. The summed E-state index contributed by atoms with van der Waals surface area (Å²) in [5, 5.41) is 0.892. The van der Waals surface area contributed by atoms with E-state index in [1.807, 2.05) is 0 Å². The zero-order valence-corrected chi connectivity index (χ0v) is 12.5. The number of hydrogen-bond acceptors (Lipinski definition) is 3. The van der Waals surface area contributed by atoms with E-state index in [2.05, 4.69) is 4.98 Å². The summed E-state index contributed by atoms with van der Waals surface area (Å²) in [6.45, 7) is 2.37. The molecule has 1 saturated heterocycles. The molecule has 120 valence electrons. The fourth-order valence-electron chi connectivity index (χ4n) is 2.62. The minimum Gasteiger partial charge on any atom is -0.382 e. The quantitative estimate of drug-likeness (QED) is 0.830. The lowest BCUT2D eigenvalue weighted by atomic mass is 10.1. The molecule has 1 aliphatic heterocycles. The molecule has 0 spiro atoms. The fourth-order valence-corrected chi connectivity index (χ4v) is 2.62. The molecule has 1 aromatic carbocycles. The maximum Gasteiger partial charge on any atom is 0.227 e. The van der Waals surface area contributed by atoms with Crippen LogP contribution in [-0.4, -0.2) is 55.3 Å². The summed E-state index contributed by atoms with van der Waals surface area (Å²) in [6, 6.07) is 4.55. The zero-order chi connectivity index (χ0) is 15.5. The molecule has 0 aliphatic carbocycles. The van der Waals surface area contributed by atoms with Gasteiger partial charge in [0.2, 0.25) is 5.91 Å². The SMILES string of the molecule is COCCOC1CN(C(=O)Cc2c[nH]c3cc(F)ccc23)C1.[HH]. The standard InChI is InChI=1S/C16H19FN2O3.H2/c1-21-4-5-22-13-9-19(10-13)16(20)6-11-8-18-15-7-12(17)2-3-14(11)15;/h2-3,7-8,13,18H,4-6,9-10H2,1H3;1H. The van der Waals surface area contributed by atoms with Crippen molar-refractivity contribution in [3.05, 3.63) is 35.8 Å². The molecule has 0 saturated carbocycles. The van der Waals surface area contributed by atoms with E-state index in [-0.39, 0.29) is 19.3 Å². The van der Waals surface area contributed by atoms with Gasteiger partial charge in [0.25, 0.3) is 0 Å². The molecule has 2 heterocycles. The van der Waals surface area contributed by atoms with E-state index in [1.165, 1.54) is 12.1 Å². The van der Waals surface area contributed by atoms with Gasteiger partial charge in [-0.15, -0.1) is 0 Å². The van der Waals surface area contributed by atoms with Gasteiger partial charge in [-0.3, -0.25) is 4.79 Å². The van der Waals surface area contributed by atoms with Crippen molar-refractivity contribution in [2.45, 2.75) is 12.5 Å². The number of carbonyl (C=O) groups is 1. The van der Waals surface area contributed by atoms with Crippen LogP contribution in [0, 0.1) is 5.82 Å². The molecule has 22 heavy (non-hydrogen) atoms. The van der Waals surface area contributed by atoms with E-state index >= 15 is 0 Å². The predicted octanol–water partition coefficient (Wildman–Crippen LogP) is 1.97. The van der Waals surface area contributed by atoms with E-state index in [0.29, 0.717) is 38.2 Å². The van der Waals surface area contributed by atoms with Crippen molar-refractivity contribution in [1.82, 2.24) is 9.88 Å². The highest BCUT2D eigenvalue weighted by Gasteiger charge is 2.31. The molecule has 2 aromatic rings. The fraction of sp³-hybridized carbons (Fsp3) is 0.438. The van der Waals surface area contributed by atoms with Crippen molar-refractivity contribution in [2.75, 3.05) is 33.4 Å². The number of amides is 1. The van der Waals surface area contributed by atoms with Crippen LogP contribution in [0.15, 0.2) is 24.4 Å². The number of aromatic nitrogens is 1. The minimum atomic E-state index is -0.286. The Balaban J connectivity index is 0.00000192. The summed E-state index contributed by atoms with van der Waals surface area (Å²) in [7, 11) is 1.63.